The summed E-state index contributed by atoms with van der Waals surface area (Å²) in [5.41, 5.74) is 9.33. The highest BCUT2D eigenvalue weighted by atomic mass is 35.5. The van der Waals surface area contributed by atoms with Crippen molar-refractivity contribution in [2.24, 2.45) is 23.7 Å². The number of piperidine rings is 6. The highest BCUT2D eigenvalue weighted by molar-refractivity contribution is 7.88. The molecule has 0 N–H and O–H groups in total. The van der Waals surface area contributed by atoms with Crippen LogP contribution >= 0.6 is 34.8 Å². The number of ether oxygens (including phenoxy) is 5. The second-order valence-electron chi connectivity index (χ2n) is 34.0. The molecule has 1 amide bonds. The lowest BCUT2D eigenvalue weighted by atomic mass is 9.94. The summed E-state index contributed by atoms with van der Waals surface area (Å²) in [6.45, 7) is 21.9. The zero-order chi connectivity index (χ0) is 93.3. The number of aromatic nitrogens is 18. The first-order valence-corrected chi connectivity index (χ1v) is 50.8. The van der Waals surface area contributed by atoms with Crippen LogP contribution in [0.5, 0.6) is 23.5 Å². The van der Waals surface area contributed by atoms with E-state index in [1.54, 1.807) is 29.2 Å². The zero-order valence-corrected chi connectivity index (χ0v) is 80.4. The molecule has 16 heterocycles. The highest BCUT2D eigenvalue weighted by Gasteiger charge is 2.32. The van der Waals surface area contributed by atoms with E-state index in [4.69, 9.17) is 58.5 Å². The van der Waals surface area contributed by atoms with Gasteiger partial charge < -0.3 is 48.2 Å². The largest absolute Gasteiger partial charge is 0.476 e. The third-order valence-electron chi connectivity index (χ3n) is 24.7. The van der Waals surface area contributed by atoms with Crippen molar-refractivity contribution in [2.45, 2.75) is 207 Å². The first-order valence-electron chi connectivity index (χ1n) is 46.0. The number of rotatable bonds is 27. The summed E-state index contributed by atoms with van der Waals surface area (Å²) in [5, 5.41) is 41.6. The molecule has 9 aromatic heterocycles. The molecule has 0 atom stereocenters. The molecule has 0 spiro atoms. The zero-order valence-electron chi connectivity index (χ0n) is 76.5. The number of halogens is 3. The number of carbonyl (C=O) groups is 1. The van der Waals surface area contributed by atoms with Crippen molar-refractivity contribution in [1.82, 2.24) is 104 Å². The number of sulfonamides is 2. The van der Waals surface area contributed by atoms with Crippen LogP contribution in [0.2, 0.25) is 15.5 Å². The quantitative estimate of drug-likeness (QED) is 0.0461. The SMILES string of the molecule is C.C.C.C.C.C.C.CCc1cnc(N2CCC(COc3ccc(C4=CCN(C(=O)OCc5ccccc5)CC4)nn3)CC2)nc1.CCc1cnc(N2CCC(COc3ccc(C4CCN(S(C)(=O)=O)CC4)nn3)CC2)nc1.CCc1cnc(N2CCC(COc3ccc(C4CCN(S(C)(=O)=O)CC4)nn3)CC2)nc1.CCc1cnc(N2CCC(COc3ccc(Cl)nn3)CC2)nc1.Clc1ccc(Cl)nn1. The monoisotopic (exact) mass is 2030 g/mol. The van der Waals surface area contributed by atoms with Crippen LogP contribution in [0.1, 0.15) is 220 Å². The minimum absolute atomic E-state index is 0. The van der Waals surface area contributed by atoms with E-state index in [2.05, 4.69) is 138 Å². The van der Waals surface area contributed by atoms with Gasteiger partial charge in [0.2, 0.25) is 67.4 Å². The van der Waals surface area contributed by atoms with Crippen LogP contribution in [-0.4, -0.2) is 258 Å². The molecule has 40 heteroatoms. The summed E-state index contributed by atoms with van der Waals surface area (Å²) in [5.74, 6) is 7.83. The lowest BCUT2D eigenvalue weighted by molar-refractivity contribution is 0.0998. The smallest absolute Gasteiger partial charge is 0.410 e. The van der Waals surface area contributed by atoms with Crippen molar-refractivity contribution in [3.05, 3.63) is 207 Å². The van der Waals surface area contributed by atoms with E-state index in [9.17, 15) is 21.6 Å². The Hall–Kier alpha value is -11.0. The summed E-state index contributed by atoms with van der Waals surface area (Å²) in [6.07, 6.45) is 35.5. The van der Waals surface area contributed by atoms with Gasteiger partial charge in [-0.25, -0.2) is 70.1 Å². The minimum Gasteiger partial charge on any atom is -0.476 e. The molecule has 10 aromatic rings. The third kappa shape index (κ3) is 36.8. The Bertz CT molecular complexity index is 5240. The van der Waals surface area contributed by atoms with Gasteiger partial charge in [0.1, 0.15) is 6.61 Å². The molecule has 0 radical (unpaired) electrons. The molecule has 6 saturated heterocycles. The van der Waals surface area contributed by atoms with Crippen LogP contribution in [0.15, 0.2) is 147 Å². The van der Waals surface area contributed by atoms with E-state index in [0.717, 1.165) is 224 Å². The molecule has 0 unspecified atom stereocenters. The molecule has 0 bridgehead atoms. The molecule has 17 rings (SSSR count). The number of hydrogen-bond donors (Lipinski definition) is 0. The molecule has 7 aliphatic heterocycles. The summed E-state index contributed by atoms with van der Waals surface area (Å²) >= 11 is 16.5. The van der Waals surface area contributed by atoms with Crippen molar-refractivity contribution < 1.29 is 45.3 Å². The predicted molar refractivity (Wildman–Crippen MR) is 557 cm³/mol. The number of anilines is 4. The molecule has 7 aliphatic rings. The van der Waals surface area contributed by atoms with Gasteiger partial charge in [0.25, 0.3) is 0 Å². The molecule has 0 aliphatic carbocycles. The summed E-state index contributed by atoms with van der Waals surface area (Å²) in [6, 6.07) is 27.8. The van der Waals surface area contributed by atoms with Gasteiger partial charge in [-0.1, -0.05) is 151 Å². The fourth-order valence-electron chi connectivity index (χ4n) is 16.1. The van der Waals surface area contributed by atoms with Gasteiger partial charge >= 0.3 is 6.09 Å². The average Bonchev–Trinajstić information content (AvgIpc) is 0.822. The van der Waals surface area contributed by atoms with Crippen molar-refractivity contribution in [1.29, 1.82) is 0 Å². The summed E-state index contributed by atoms with van der Waals surface area (Å²) < 4.78 is 78.6. The van der Waals surface area contributed by atoms with E-state index in [-0.39, 0.29) is 76.5 Å². The number of benzene rings is 1. The van der Waals surface area contributed by atoms with Crippen LogP contribution in [0, 0.1) is 23.7 Å². The van der Waals surface area contributed by atoms with Crippen LogP contribution in [0.3, 0.4) is 0 Å². The Morgan fingerprint density at radius 2 is 0.636 bits per heavy atom. The molecule has 35 nitrogen and oxygen atoms in total. The molecular formula is C100H148Cl3N25O10S2. The topological polar surface area (TPSA) is 386 Å². The Balaban J connectivity index is 0.000000276. The maximum atomic E-state index is 12.4. The highest BCUT2D eigenvalue weighted by Crippen LogP contribution is 2.33. The number of aryl methyl sites for hydroxylation is 4. The lowest BCUT2D eigenvalue weighted by Crippen LogP contribution is -2.37. The lowest BCUT2D eigenvalue weighted by Gasteiger charge is -2.31. The average molecular weight is 2030 g/mol. The minimum atomic E-state index is -3.11. The second kappa shape index (κ2) is 59.7. The van der Waals surface area contributed by atoms with E-state index < -0.39 is 20.0 Å². The molecular weight excluding hydrogens is 1880 g/mol. The molecule has 140 heavy (non-hydrogen) atoms. The van der Waals surface area contributed by atoms with Gasteiger partial charge in [0, 0.05) is 177 Å². The maximum absolute atomic E-state index is 12.4. The van der Waals surface area contributed by atoms with E-state index >= 15 is 0 Å². The van der Waals surface area contributed by atoms with Gasteiger partial charge in [0.15, 0.2) is 15.5 Å². The fraction of sp³-hybridized carbons (Fsp3) is 0.550. The van der Waals surface area contributed by atoms with Gasteiger partial charge in [-0.05, 0) is 203 Å². The number of nitrogens with zero attached hydrogens (tertiary/aromatic N) is 25. The summed E-state index contributed by atoms with van der Waals surface area (Å²) in [4.78, 5) is 58.9. The van der Waals surface area contributed by atoms with Gasteiger partial charge in [-0.2, -0.15) is 10.2 Å². The van der Waals surface area contributed by atoms with Crippen molar-refractivity contribution in [2.75, 3.05) is 150 Å². The van der Waals surface area contributed by atoms with Gasteiger partial charge in [-0.3, -0.25) is 0 Å². The van der Waals surface area contributed by atoms with Crippen LogP contribution in [0.25, 0.3) is 5.57 Å². The van der Waals surface area contributed by atoms with Crippen molar-refractivity contribution >= 4 is 90.3 Å². The fourth-order valence-corrected chi connectivity index (χ4v) is 18.2. The third-order valence-corrected chi connectivity index (χ3v) is 27.9. The maximum Gasteiger partial charge on any atom is 0.410 e. The Morgan fingerprint density at radius 3 is 0.893 bits per heavy atom. The van der Waals surface area contributed by atoms with Crippen LogP contribution in [-0.2, 0) is 57.1 Å². The van der Waals surface area contributed by atoms with Crippen molar-refractivity contribution in [3.63, 3.8) is 0 Å². The number of hydrogen-bond acceptors (Lipinski definition) is 32. The Labute approximate surface area is 846 Å². The Morgan fingerprint density at radius 1 is 0.343 bits per heavy atom. The predicted octanol–water partition coefficient (Wildman–Crippen LogP) is 18.1. The molecule has 0 saturated carbocycles. The Kier molecular flexibility index (Phi) is 50.2. The molecule has 1 aromatic carbocycles. The summed E-state index contributed by atoms with van der Waals surface area (Å²) in [7, 11) is -6.22. The standard InChI is InChI=1S/C29H34N6O3.2C22H32N6O3S.C16H20ClN5O.C4H2Cl2N2.7CH4/c1-2-22-18-30-28(31-19-22)34-14-10-24(11-15-34)20-37-27-9-8-26(32-33-27)25-12-16-35(17-13-25)29(36)38-21-23-6-4-3-5-7-23;2*1-3-17-14-23-22(24-15-17)27-10-6-18(7-11-27)16-31-21-5-4-20(25-26-21)19-8-12-28(13-9-19)32(2,29)30;1-2-12-9-18-16(19-10-12)22-7-5-13(6-8-22)11-23-15-4-3-14(17)20-21-15;5-3-1-2-4(6)8-7-3;;;;;;;/h3-9,12,18-19,24H,2,10-11,13-17,20-21H2,1H3;2*4-5,14-15,18-19H,3,6-13,16H2,1-2H3;3-4,9-10,13H,2,5-8,11H2,1H3;1-2H;7*1H4. The van der Waals surface area contributed by atoms with E-state index in [0.29, 0.717) is 135 Å². The first kappa shape index (κ1) is 118. The second-order valence-corrected chi connectivity index (χ2v) is 39.1. The van der Waals surface area contributed by atoms with Crippen molar-refractivity contribution in [3.8, 4) is 23.5 Å². The van der Waals surface area contributed by atoms with Crippen LogP contribution < -0.4 is 38.5 Å². The normalized spacial score (nSPS) is 16.3. The number of amides is 1. The van der Waals surface area contributed by atoms with E-state index in [1.807, 2.05) is 122 Å². The van der Waals surface area contributed by atoms with Crippen LogP contribution in [0.4, 0.5) is 28.6 Å². The number of carbonyl (C=O) groups excluding carboxylic acids is 1. The first-order chi connectivity index (χ1) is 64.5. The van der Waals surface area contributed by atoms with Gasteiger partial charge in [0.05, 0.1) is 56.0 Å². The van der Waals surface area contributed by atoms with Gasteiger partial charge in [-0.15, -0.1) is 40.8 Å². The molecule has 766 valence electrons. The molecule has 6 fully saturated rings. The van der Waals surface area contributed by atoms with E-state index in [1.165, 1.54) is 26.7 Å².